The summed E-state index contributed by atoms with van der Waals surface area (Å²) in [5.74, 6) is 0.953. The molecule has 0 aliphatic carbocycles. The van der Waals surface area contributed by atoms with Crippen molar-refractivity contribution < 1.29 is 9.84 Å². The molecule has 1 N–H and O–H groups in total. The molecule has 0 aliphatic rings. The van der Waals surface area contributed by atoms with Gasteiger partial charge in [-0.15, -0.1) is 0 Å². The highest BCUT2D eigenvalue weighted by Gasteiger charge is 2.12. The largest absolute Gasteiger partial charge is 0.504 e. The molecule has 4 nitrogen and oxygen atoms in total. The van der Waals surface area contributed by atoms with Crippen molar-refractivity contribution >= 4 is 0 Å². The van der Waals surface area contributed by atoms with Crippen molar-refractivity contribution in [2.45, 2.75) is 6.92 Å². The minimum atomic E-state index is 0.167. The zero-order valence-corrected chi connectivity index (χ0v) is 11.9. The van der Waals surface area contributed by atoms with Crippen LogP contribution in [-0.2, 0) is 0 Å². The predicted molar refractivity (Wildman–Crippen MR) is 82.0 cm³/mol. The molecule has 0 saturated carbocycles. The van der Waals surface area contributed by atoms with E-state index in [1.165, 1.54) is 0 Å². The Bertz CT molecular complexity index is 761. The molecule has 0 aliphatic heterocycles. The standard InChI is InChI=1S/C17H16N2O2/c1-12-5-3-4-6-15(12)17-16(20)11-19(18-17)13-7-9-14(21-2)10-8-13/h3-11,20H,1-2H3. The first-order valence-electron chi connectivity index (χ1n) is 6.68. The van der Waals surface area contributed by atoms with E-state index in [4.69, 9.17) is 4.74 Å². The van der Waals surface area contributed by atoms with Gasteiger partial charge in [0.05, 0.1) is 19.0 Å². The summed E-state index contributed by atoms with van der Waals surface area (Å²) in [4.78, 5) is 0. The Balaban J connectivity index is 2.03. The number of nitrogens with zero attached hydrogens (tertiary/aromatic N) is 2. The van der Waals surface area contributed by atoms with Gasteiger partial charge in [0.1, 0.15) is 11.4 Å². The van der Waals surface area contributed by atoms with E-state index in [-0.39, 0.29) is 5.75 Å². The van der Waals surface area contributed by atoms with E-state index in [9.17, 15) is 5.11 Å². The lowest BCUT2D eigenvalue weighted by Gasteiger charge is -2.04. The van der Waals surface area contributed by atoms with E-state index in [0.29, 0.717) is 5.69 Å². The van der Waals surface area contributed by atoms with E-state index < -0.39 is 0 Å². The van der Waals surface area contributed by atoms with Crippen molar-refractivity contribution in [3.63, 3.8) is 0 Å². The second kappa shape index (κ2) is 5.32. The first-order chi connectivity index (χ1) is 10.2. The van der Waals surface area contributed by atoms with Crippen LogP contribution in [0, 0.1) is 6.92 Å². The van der Waals surface area contributed by atoms with Crippen LogP contribution in [0.5, 0.6) is 11.5 Å². The number of benzene rings is 2. The lowest BCUT2D eigenvalue weighted by atomic mass is 10.1. The van der Waals surface area contributed by atoms with Crippen molar-refractivity contribution in [3.05, 3.63) is 60.3 Å². The Morgan fingerprint density at radius 1 is 1.05 bits per heavy atom. The molecule has 4 heteroatoms. The van der Waals surface area contributed by atoms with Crippen molar-refractivity contribution in [2.75, 3.05) is 7.11 Å². The van der Waals surface area contributed by atoms with Crippen LogP contribution in [0.4, 0.5) is 0 Å². The van der Waals surface area contributed by atoms with Gasteiger partial charge in [0.15, 0.2) is 5.75 Å². The summed E-state index contributed by atoms with van der Waals surface area (Å²) in [5.41, 5.74) is 3.46. The van der Waals surface area contributed by atoms with E-state index in [2.05, 4.69) is 5.10 Å². The van der Waals surface area contributed by atoms with Crippen molar-refractivity contribution in [3.8, 4) is 28.4 Å². The fourth-order valence-corrected chi connectivity index (χ4v) is 2.26. The summed E-state index contributed by atoms with van der Waals surface area (Å²) in [6.45, 7) is 2.00. The molecule has 0 radical (unpaired) electrons. The number of aryl methyl sites for hydroxylation is 1. The number of hydrogen-bond donors (Lipinski definition) is 1. The summed E-state index contributed by atoms with van der Waals surface area (Å²) >= 11 is 0. The molecule has 0 unspecified atom stereocenters. The fourth-order valence-electron chi connectivity index (χ4n) is 2.26. The maximum Gasteiger partial charge on any atom is 0.162 e. The molecule has 0 saturated heterocycles. The Morgan fingerprint density at radius 3 is 2.43 bits per heavy atom. The van der Waals surface area contributed by atoms with Gasteiger partial charge in [-0.05, 0) is 36.8 Å². The fraction of sp³-hybridized carbons (Fsp3) is 0.118. The van der Waals surface area contributed by atoms with Crippen molar-refractivity contribution in [1.82, 2.24) is 9.78 Å². The summed E-state index contributed by atoms with van der Waals surface area (Å²) in [6, 6.07) is 15.4. The average Bonchev–Trinajstić information content (AvgIpc) is 2.90. The van der Waals surface area contributed by atoms with Gasteiger partial charge in [0.25, 0.3) is 0 Å². The third-order valence-corrected chi connectivity index (χ3v) is 3.43. The van der Waals surface area contributed by atoms with Crippen LogP contribution in [0.1, 0.15) is 5.56 Å². The third-order valence-electron chi connectivity index (χ3n) is 3.43. The van der Waals surface area contributed by atoms with Gasteiger partial charge < -0.3 is 9.84 Å². The third kappa shape index (κ3) is 2.48. The Labute approximate surface area is 123 Å². The van der Waals surface area contributed by atoms with Gasteiger partial charge in [-0.3, -0.25) is 0 Å². The molecule has 0 spiro atoms. The van der Waals surface area contributed by atoms with Crippen LogP contribution in [0.15, 0.2) is 54.7 Å². The van der Waals surface area contributed by atoms with Crippen LogP contribution in [0.25, 0.3) is 16.9 Å². The molecule has 106 valence electrons. The van der Waals surface area contributed by atoms with Gasteiger partial charge in [-0.2, -0.15) is 5.10 Å². The summed E-state index contributed by atoms with van der Waals surface area (Å²) in [7, 11) is 1.63. The normalized spacial score (nSPS) is 10.6. The first kappa shape index (κ1) is 13.2. The molecule has 1 heterocycles. The molecular formula is C17H16N2O2. The lowest BCUT2D eigenvalue weighted by Crippen LogP contribution is -1.95. The van der Waals surface area contributed by atoms with E-state index in [0.717, 1.165) is 22.6 Å². The number of aromatic hydroxyl groups is 1. The monoisotopic (exact) mass is 280 g/mol. The molecule has 3 rings (SSSR count). The highest BCUT2D eigenvalue weighted by Crippen LogP contribution is 2.30. The SMILES string of the molecule is COc1ccc(-n2cc(O)c(-c3ccccc3C)n2)cc1. The summed E-state index contributed by atoms with van der Waals surface area (Å²) in [5, 5.41) is 14.7. The van der Waals surface area contributed by atoms with Crippen LogP contribution in [0.3, 0.4) is 0 Å². The number of hydrogen-bond acceptors (Lipinski definition) is 3. The molecule has 0 fully saturated rings. The van der Waals surface area contributed by atoms with E-state index in [1.807, 2.05) is 55.5 Å². The Hall–Kier alpha value is -2.75. The number of aromatic nitrogens is 2. The zero-order chi connectivity index (χ0) is 14.8. The van der Waals surface area contributed by atoms with Gasteiger partial charge in [-0.25, -0.2) is 4.68 Å². The van der Waals surface area contributed by atoms with Crippen LogP contribution in [0.2, 0.25) is 0 Å². The topological polar surface area (TPSA) is 47.3 Å². The first-order valence-corrected chi connectivity index (χ1v) is 6.68. The van der Waals surface area contributed by atoms with Crippen molar-refractivity contribution in [2.24, 2.45) is 0 Å². The smallest absolute Gasteiger partial charge is 0.162 e. The second-order valence-electron chi connectivity index (χ2n) is 4.82. The van der Waals surface area contributed by atoms with Crippen LogP contribution >= 0.6 is 0 Å². The highest BCUT2D eigenvalue weighted by molar-refractivity contribution is 5.69. The average molecular weight is 280 g/mol. The number of methoxy groups -OCH3 is 1. The maximum atomic E-state index is 10.2. The second-order valence-corrected chi connectivity index (χ2v) is 4.82. The van der Waals surface area contributed by atoms with E-state index >= 15 is 0 Å². The lowest BCUT2D eigenvalue weighted by molar-refractivity contribution is 0.414. The molecule has 2 aromatic carbocycles. The molecule has 21 heavy (non-hydrogen) atoms. The van der Waals surface area contributed by atoms with Crippen LogP contribution in [-0.4, -0.2) is 22.0 Å². The highest BCUT2D eigenvalue weighted by atomic mass is 16.5. The van der Waals surface area contributed by atoms with E-state index in [1.54, 1.807) is 18.0 Å². The van der Waals surface area contributed by atoms with Gasteiger partial charge in [-0.1, -0.05) is 24.3 Å². The quantitative estimate of drug-likeness (QED) is 0.798. The maximum absolute atomic E-state index is 10.2. The molecule has 0 amide bonds. The zero-order valence-electron chi connectivity index (χ0n) is 11.9. The minimum Gasteiger partial charge on any atom is -0.504 e. The molecular weight excluding hydrogens is 264 g/mol. The molecule has 3 aromatic rings. The number of ether oxygens (including phenoxy) is 1. The van der Waals surface area contributed by atoms with Gasteiger partial charge >= 0.3 is 0 Å². The van der Waals surface area contributed by atoms with Crippen molar-refractivity contribution in [1.29, 1.82) is 0 Å². The Kier molecular flexibility index (Phi) is 3.36. The number of rotatable bonds is 3. The molecule has 1 aromatic heterocycles. The van der Waals surface area contributed by atoms with Gasteiger partial charge in [0, 0.05) is 5.56 Å². The minimum absolute atomic E-state index is 0.167. The van der Waals surface area contributed by atoms with Crippen LogP contribution < -0.4 is 4.74 Å². The summed E-state index contributed by atoms with van der Waals surface area (Å²) in [6.07, 6.45) is 1.61. The Morgan fingerprint density at radius 2 is 1.76 bits per heavy atom. The predicted octanol–water partition coefficient (Wildman–Crippen LogP) is 3.56. The molecule has 0 bridgehead atoms. The summed E-state index contributed by atoms with van der Waals surface area (Å²) < 4.78 is 6.80. The molecule has 0 atom stereocenters. The van der Waals surface area contributed by atoms with Gasteiger partial charge in [0.2, 0.25) is 0 Å².